The van der Waals surface area contributed by atoms with E-state index in [1.165, 1.54) is 6.21 Å². The van der Waals surface area contributed by atoms with E-state index in [0.717, 1.165) is 16.1 Å². The minimum Gasteiger partial charge on any atom is -0.271 e. The third-order valence-corrected chi connectivity index (χ3v) is 5.54. The quantitative estimate of drug-likeness (QED) is 0.542. The van der Waals surface area contributed by atoms with Crippen LogP contribution < -0.4 is 9.73 Å². The van der Waals surface area contributed by atoms with Crippen molar-refractivity contribution in [2.75, 3.05) is 17.1 Å². The van der Waals surface area contributed by atoms with Gasteiger partial charge in [0.2, 0.25) is 10.0 Å². The van der Waals surface area contributed by atoms with Crippen molar-refractivity contribution in [2.24, 2.45) is 5.10 Å². The number of benzene rings is 2. The first kappa shape index (κ1) is 21.2. The summed E-state index contributed by atoms with van der Waals surface area (Å²) < 4.78 is 25.4. The first-order chi connectivity index (χ1) is 12.7. The van der Waals surface area contributed by atoms with Crippen molar-refractivity contribution < 1.29 is 13.2 Å². The van der Waals surface area contributed by atoms with Gasteiger partial charge in [0, 0.05) is 0 Å². The number of rotatable bonds is 7. The van der Waals surface area contributed by atoms with Crippen molar-refractivity contribution in [3.05, 3.63) is 63.6 Å². The number of para-hydroxylation sites is 1. The van der Waals surface area contributed by atoms with E-state index in [2.05, 4.69) is 10.5 Å². The van der Waals surface area contributed by atoms with Crippen LogP contribution in [0.5, 0.6) is 0 Å². The molecule has 0 radical (unpaired) electrons. The second-order valence-electron chi connectivity index (χ2n) is 5.72. The summed E-state index contributed by atoms with van der Waals surface area (Å²) in [5, 5.41) is 4.62. The van der Waals surface area contributed by atoms with Crippen molar-refractivity contribution in [2.45, 2.75) is 13.3 Å². The van der Waals surface area contributed by atoms with Crippen LogP contribution in [0.2, 0.25) is 10.0 Å². The van der Waals surface area contributed by atoms with Crippen molar-refractivity contribution >= 4 is 51.0 Å². The summed E-state index contributed by atoms with van der Waals surface area (Å²) >= 11 is 11.8. The van der Waals surface area contributed by atoms with Gasteiger partial charge >= 0.3 is 0 Å². The summed E-state index contributed by atoms with van der Waals surface area (Å²) in [4.78, 5) is 12.2. The zero-order chi connectivity index (χ0) is 20.0. The second-order valence-corrected chi connectivity index (χ2v) is 8.44. The van der Waals surface area contributed by atoms with E-state index in [4.69, 9.17) is 23.2 Å². The normalized spacial score (nSPS) is 11.6. The Hall–Kier alpha value is -2.09. The summed E-state index contributed by atoms with van der Waals surface area (Å²) in [6.07, 6.45) is 3.09. The lowest BCUT2D eigenvalue weighted by molar-refractivity contribution is -0.119. The number of amides is 1. The molecule has 0 spiro atoms. The first-order valence-corrected chi connectivity index (χ1v) is 10.7. The second kappa shape index (κ2) is 9.21. The molecule has 1 amide bonds. The molecule has 9 heteroatoms. The Balaban J connectivity index is 2.12. The SMILES string of the molecule is CCc1ccccc1N(CC(=O)N/N=C\c1ccc(Cl)c(Cl)c1)S(C)(=O)=O. The lowest BCUT2D eigenvalue weighted by Gasteiger charge is -2.23. The fourth-order valence-corrected chi connectivity index (χ4v) is 3.57. The minimum atomic E-state index is -3.64. The van der Waals surface area contributed by atoms with Crippen molar-refractivity contribution in [3.63, 3.8) is 0 Å². The van der Waals surface area contributed by atoms with Crippen LogP contribution in [0.15, 0.2) is 47.6 Å². The molecule has 0 aromatic heterocycles. The predicted octanol–water partition coefficient (Wildman–Crippen LogP) is 3.47. The van der Waals surface area contributed by atoms with Gasteiger partial charge in [-0.1, -0.05) is 54.4 Å². The third-order valence-electron chi connectivity index (χ3n) is 3.68. The van der Waals surface area contributed by atoms with Crippen LogP contribution >= 0.6 is 23.2 Å². The maximum atomic E-state index is 12.2. The molecule has 2 aromatic carbocycles. The molecule has 0 aliphatic heterocycles. The molecule has 2 rings (SSSR count). The zero-order valence-electron chi connectivity index (χ0n) is 14.8. The summed E-state index contributed by atoms with van der Waals surface area (Å²) in [5.74, 6) is -0.567. The Kier molecular flexibility index (Phi) is 7.24. The van der Waals surface area contributed by atoms with Crippen LogP contribution in [0, 0.1) is 0 Å². The number of nitrogens with one attached hydrogen (secondary N) is 1. The van der Waals surface area contributed by atoms with E-state index in [1.807, 2.05) is 19.1 Å². The van der Waals surface area contributed by atoms with Crippen LogP contribution in [0.3, 0.4) is 0 Å². The molecule has 0 bridgehead atoms. The Morgan fingerprint density at radius 2 is 1.89 bits per heavy atom. The Morgan fingerprint density at radius 1 is 1.19 bits per heavy atom. The smallest absolute Gasteiger partial charge is 0.260 e. The topological polar surface area (TPSA) is 78.8 Å². The van der Waals surface area contributed by atoms with Gasteiger partial charge in [-0.15, -0.1) is 0 Å². The fourth-order valence-electron chi connectivity index (χ4n) is 2.37. The van der Waals surface area contributed by atoms with E-state index in [9.17, 15) is 13.2 Å². The Morgan fingerprint density at radius 3 is 2.52 bits per heavy atom. The highest BCUT2D eigenvalue weighted by Gasteiger charge is 2.22. The predicted molar refractivity (Wildman–Crippen MR) is 110 cm³/mol. The molecule has 0 fully saturated rings. The van der Waals surface area contributed by atoms with Crippen molar-refractivity contribution in [3.8, 4) is 0 Å². The lowest BCUT2D eigenvalue weighted by Crippen LogP contribution is -2.39. The Labute approximate surface area is 168 Å². The van der Waals surface area contributed by atoms with Crippen molar-refractivity contribution in [1.29, 1.82) is 0 Å². The monoisotopic (exact) mass is 427 g/mol. The van der Waals surface area contributed by atoms with Crippen LogP contribution in [-0.2, 0) is 21.2 Å². The van der Waals surface area contributed by atoms with Crippen LogP contribution in [0.25, 0.3) is 0 Å². The molecular weight excluding hydrogens is 409 g/mol. The molecule has 0 saturated heterocycles. The summed E-state index contributed by atoms with van der Waals surface area (Å²) in [6.45, 7) is 1.54. The molecule has 1 N–H and O–H groups in total. The van der Waals surface area contributed by atoms with Crippen LogP contribution in [0.4, 0.5) is 5.69 Å². The van der Waals surface area contributed by atoms with E-state index in [-0.39, 0.29) is 6.54 Å². The molecule has 6 nitrogen and oxygen atoms in total. The molecule has 0 unspecified atom stereocenters. The average Bonchev–Trinajstić information content (AvgIpc) is 2.61. The largest absolute Gasteiger partial charge is 0.271 e. The zero-order valence-corrected chi connectivity index (χ0v) is 17.1. The van der Waals surface area contributed by atoms with E-state index >= 15 is 0 Å². The number of hydrogen-bond acceptors (Lipinski definition) is 4. The van der Waals surface area contributed by atoms with Gasteiger partial charge in [0.1, 0.15) is 6.54 Å². The number of nitrogens with zero attached hydrogens (tertiary/aromatic N) is 2. The van der Waals surface area contributed by atoms with Crippen LogP contribution in [0.1, 0.15) is 18.1 Å². The average molecular weight is 428 g/mol. The highest BCUT2D eigenvalue weighted by Crippen LogP contribution is 2.23. The molecular formula is C18H19Cl2N3O3S. The standard InChI is InChI=1S/C18H19Cl2N3O3S/c1-3-14-6-4-5-7-17(14)23(27(2,25)26)12-18(24)22-21-11-13-8-9-15(19)16(20)10-13/h4-11H,3,12H2,1-2H3,(H,22,24)/b21-11-. The number of carbonyl (C=O) groups is 1. The fraction of sp³-hybridized carbons (Fsp3) is 0.222. The molecule has 0 atom stereocenters. The number of halogens is 2. The number of anilines is 1. The van der Waals surface area contributed by atoms with Gasteiger partial charge in [-0.3, -0.25) is 9.10 Å². The molecule has 27 heavy (non-hydrogen) atoms. The third kappa shape index (κ3) is 5.95. The van der Waals surface area contributed by atoms with Gasteiger partial charge < -0.3 is 0 Å². The summed E-state index contributed by atoms with van der Waals surface area (Å²) in [7, 11) is -3.64. The minimum absolute atomic E-state index is 0.367. The molecule has 0 aliphatic rings. The highest BCUT2D eigenvalue weighted by atomic mass is 35.5. The molecule has 144 valence electrons. The maximum Gasteiger partial charge on any atom is 0.260 e. The molecule has 0 heterocycles. The van der Waals surface area contributed by atoms with Crippen molar-refractivity contribution in [1.82, 2.24) is 5.43 Å². The Bertz CT molecular complexity index is 962. The molecule has 0 saturated carbocycles. The van der Waals surface area contributed by atoms with Gasteiger partial charge in [0.05, 0.1) is 28.2 Å². The number of carbonyl (C=O) groups excluding carboxylic acids is 1. The number of hydrazone groups is 1. The first-order valence-electron chi connectivity index (χ1n) is 8.05. The summed E-state index contributed by atoms with van der Waals surface area (Å²) in [5.41, 5.74) is 4.27. The van der Waals surface area contributed by atoms with Gasteiger partial charge in [-0.25, -0.2) is 13.8 Å². The van der Waals surface area contributed by atoms with E-state index < -0.39 is 15.9 Å². The van der Waals surface area contributed by atoms with Crippen LogP contribution in [-0.4, -0.2) is 33.3 Å². The highest BCUT2D eigenvalue weighted by molar-refractivity contribution is 7.92. The lowest BCUT2D eigenvalue weighted by atomic mass is 10.1. The number of hydrogen-bond donors (Lipinski definition) is 1. The van der Waals surface area contributed by atoms with Gasteiger partial charge in [0.25, 0.3) is 5.91 Å². The molecule has 2 aromatic rings. The van der Waals surface area contributed by atoms with Gasteiger partial charge in [-0.2, -0.15) is 5.10 Å². The van der Waals surface area contributed by atoms with Gasteiger partial charge in [-0.05, 0) is 35.7 Å². The van der Waals surface area contributed by atoms with Gasteiger partial charge in [0.15, 0.2) is 0 Å². The number of sulfonamides is 1. The van der Waals surface area contributed by atoms with E-state index in [1.54, 1.807) is 30.3 Å². The molecule has 0 aliphatic carbocycles. The van der Waals surface area contributed by atoms with E-state index in [0.29, 0.717) is 27.7 Å². The summed E-state index contributed by atoms with van der Waals surface area (Å²) in [6, 6.07) is 11.9. The maximum absolute atomic E-state index is 12.2. The number of aryl methyl sites for hydroxylation is 1.